The van der Waals surface area contributed by atoms with Crippen LogP contribution in [0.15, 0.2) is 59.8 Å². The minimum Gasteiger partial charge on any atom is -0.497 e. The van der Waals surface area contributed by atoms with Gasteiger partial charge in [-0.3, -0.25) is 4.79 Å². The fraction of sp³-hybridized carbons (Fsp3) is 0.125. The van der Waals surface area contributed by atoms with Crippen LogP contribution in [0.3, 0.4) is 0 Å². The van der Waals surface area contributed by atoms with Crippen molar-refractivity contribution < 1.29 is 14.4 Å². The van der Waals surface area contributed by atoms with Gasteiger partial charge in [0.05, 0.1) is 13.3 Å². The Morgan fingerprint density at radius 2 is 1.86 bits per heavy atom. The smallest absolute Gasteiger partial charge is 0.265 e. The molecule has 2 rings (SSSR count). The zero-order valence-corrected chi connectivity index (χ0v) is 11.7. The Hall–Kier alpha value is -2.82. The van der Waals surface area contributed by atoms with E-state index in [-0.39, 0.29) is 12.5 Å². The molecule has 2 aromatic carbocycles. The van der Waals surface area contributed by atoms with Gasteiger partial charge in [-0.15, -0.1) is 0 Å². The Labute approximate surface area is 123 Å². The molecule has 0 aliphatic carbocycles. The number of anilines is 1. The Morgan fingerprint density at radius 3 is 2.52 bits per heavy atom. The van der Waals surface area contributed by atoms with Crippen molar-refractivity contribution in [1.29, 1.82) is 0 Å². The van der Waals surface area contributed by atoms with Crippen LogP contribution in [0.25, 0.3) is 0 Å². The van der Waals surface area contributed by atoms with E-state index >= 15 is 0 Å². The highest BCUT2D eigenvalue weighted by Crippen LogP contribution is 2.14. The third kappa shape index (κ3) is 4.99. The van der Waals surface area contributed by atoms with Gasteiger partial charge in [0.2, 0.25) is 0 Å². The molecule has 0 aliphatic rings. The molecular weight excluding hydrogens is 268 g/mol. The molecule has 0 fully saturated rings. The lowest BCUT2D eigenvalue weighted by Crippen LogP contribution is -2.16. The maximum Gasteiger partial charge on any atom is 0.265 e. The highest BCUT2D eigenvalue weighted by molar-refractivity contribution is 5.91. The molecule has 0 saturated heterocycles. The second-order valence-corrected chi connectivity index (χ2v) is 4.20. The Kier molecular flexibility index (Phi) is 5.34. The first-order valence-corrected chi connectivity index (χ1v) is 6.42. The number of carbonyl (C=O) groups excluding carboxylic acids is 1. The van der Waals surface area contributed by atoms with Crippen LogP contribution in [-0.4, -0.2) is 25.8 Å². The molecule has 0 bridgehead atoms. The molecule has 0 atom stereocenters. The first-order chi connectivity index (χ1) is 10.3. The topological polar surface area (TPSA) is 59.9 Å². The van der Waals surface area contributed by atoms with Crippen LogP contribution in [0, 0.1) is 0 Å². The average molecular weight is 284 g/mol. The first kappa shape index (κ1) is 14.6. The van der Waals surface area contributed by atoms with Crippen LogP contribution in [-0.2, 0) is 9.63 Å². The molecule has 21 heavy (non-hydrogen) atoms. The van der Waals surface area contributed by atoms with E-state index in [1.54, 1.807) is 37.6 Å². The van der Waals surface area contributed by atoms with E-state index in [2.05, 4.69) is 10.5 Å². The van der Waals surface area contributed by atoms with Crippen LogP contribution < -0.4 is 10.1 Å². The molecule has 0 heterocycles. The number of hydrogen-bond donors (Lipinski definition) is 1. The number of methoxy groups -OCH3 is 1. The Morgan fingerprint density at radius 1 is 1.14 bits per heavy atom. The highest BCUT2D eigenvalue weighted by atomic mass is 16.6. The molecule has 108 valence electrons. The van der Waals surface area contributed by atoms with Gasteiger partial charge >= 0.3 is 0 Å². The summed E-state index contributed by atoms with van der Waals surface area (Å²) in [4.78, 5) is 16.6. The van der Waals surface area contributed by atoms with Crippen molar-refractivity contribution in [2.75, 3.05) is 19.0 Å². The van der Waals surface area contributed by atoms with Gasteiger partial charge in [0.25, 0.3) is 5.91 Å². The number of nitrogens with one attached hydrogen (secondary N) is 1. The van der Waals surface area contributed by atoms with E-state index in [0.717, 1.165) is 11.3 Å². The van der Waals surface area contributed by atoms with E-state index in [1.807, 2.05) is 30.3 Å². The van der Waals surface area contributed by atoms with Crippen molar-refractivity contribution in [3.05, 3.63) is 60.2 Å². The molecule has 0 unspecified atom stereocenters. The minimum absolute atomic E-state index is 0.143. The monoisotopic (exact) mass is 284 g/mol. The van der Waals surface area contributed by atoms with Crippen molar-refractivity contribution in [3.8, 4) is 5.75 Å². The summed E-state index contributed by atoms with van der Waals surface area (Å²) >= 11 is 0. The van der Waals surface area contributed by atoms with Crippen LogP contribution >= 0.6 is 0 Å². The Balaban J connectivity index is 1.75. The summed E-state index contributed by atoms with van der Waals surface area (Å²) in [6, 6.07) is 16.5. The first-order valence-electron chi connectivity index (χ1n) is 6.42. The van der Waals surface area contributed by atoms with E-state index in [0.29, 0.717) is 5.69 Å². The largest absolute Gasteiger partial charge is 0.497 e. The molecule has 1 N–H and O–H groups in total. The second-order valence-electron chi connectivity index (χ2n) is 4.20. The fourth-order valence-corrected chi connectivity index (χ4v) is 1.60. The van der Waals surface area contributed by atoms with Crippen LogP contribution in [0.1, 0.15) is 5.56 Å². The Bertz CT molecular complexity index is 595. The maximum absolute atomic E-state index is 11.6. The SMILES string of the molecule is COc1ccc(NC(=O)CO/N=C\c2ccccc2)cc1. The molecule has 0 spiro atoms. The number of ether oxygens (including phenoxy) is 1. The molecular formula is C16H16N2O3. The van der Waals surface area contributed by atoms with Crippen molar-refractivity contribution in [2.24, 2.45) is 5.16 Å². The summed E-state index contributed by atoms with van der Waals surface area (Å²) in [5.74, 6) is 0.460. The predicted molar refractivity (Wildman–Crippen MR) is 81.6 cm³/mol. The number of oxime groups is 1. The average Bonchev–Trinajstić information content (AvgIpc) is 2.53. The van der Waals surface area contributed by atoms with Crippen molar-refractivity contribution in [1.82, 2.24) is 0 Å². The van der Waals surface area contributed by atoms with E-state index in [4.69, 9.17) is 9.57 Å². The van der Waals surface area contributed by atoms with E-state index < -0.39 is 0 Å². The normalized spacial score (nSPS) is 10.3. The van der Waals surface area contributed by atoms with Gasteiger partial charge in [-0.05, 0) is 29.8 Å². The molecule has 2 aromatic rings. The van der Waals surface area contributed by atoms with Crippen molar-refractivity contribution in [2.45, 2.75) is 0 Å². The van der Waals surface area contributed by atoms with Gasteiger partial charge in [-0.2, -0.15) is 0 Å². The lowest BCUT2D eigenvalue weighted by Gasteiger charge is -2.05. The summed E-state index contributed by atoms with van der Waals surface area (Å²) in [5, 5.41) is 6.44. The van der Waals surface area contributed by atoms with Crippen LogP contribution in [0.2, 0.25) is 0 Å². The van der Waals surface area contributed by atoms with Gasteiger partial charge in [0.1, 0.15) is 5.75 Å². The summed E-state index contributed by atoms with van der Waals surface area (Å²) in [6.45, 7) is -0.143. The quantitative estimate of drug-likeness (QED) is 0.655. The number of carbonyl (C=O) groups is 1. The summed E-state index contributed by atoms with van der Waals surface area (Å²) in [7, 11) is 1.59. The van der Waals surface area contributed by atoms with Gasteiger partial charge < -0.3 is 14.9 Å². The van der Waals surface area contributed by atoms with E-state index in [1.165, 1.54) is 0 Å². The second kappa shape index (κ2) is 7.69. The van der Waals surface area contributed by atoms with Crippen LogP contribution in [0.4, 0.5) is 5.69 Å². The van der Waals surface area contributed by atoms with Gasteiger partial charge in [0.15, 0.2) is 6.61 Å². The lowest BCUT2D eigenvalue weighted by molar-refractivity contribution is -0.120. The summed E-state index contributed by atoms with van der Waals surface area (Å²) in [5.41, 5.74) is 1.59. The number of hydrogen-bond acceptors (Lipinski definition) is 4. The maximum atomic E-state index is 11.6. The third-order valence-electron chi connectivity index (χ3n) is 2.65. The number of nitrogens with zero attached hydrogens (tertiary/aromatic N) is 1. The molecule has 0 aliphatic heterocycles. The molecule has 5 heteroatoms. The zero-order chi connectivity index (χ0) is 14.9. The lowest BCUT2D eigenvalue weighted by atomic mass is 10.2. The highest BCUT2D eigenvalue weighted by Gasteiger charge is 2.02. The fourth-order valence-electron chi connectivity index (χ4n) is 1.60. The molecule has 0 saturated carbocycles. The number of rotatable bonds is 6. The van der Waals surface area contributed by atoms with Gasteiger partial charge in [-0.25, -0.2) is 0 Å². The van der Waals surface area contributed by atoms with Gasteiger partial charge in [-0.1, -0.05) is 35.5 Å². The number of benzene rings is 2. The number of amides is 1. The van der Waals surface area contributed by atoms with Crippen LogP contribution in [0.5, 0.6) is 5.75 Å². The summed E-state index contributed by atoms with van der Waals surface area (Å²) < 4.78 is 5.04. The third-order valence-corrected chi connectivity index (χ3v) is 2.65. The van der Waals surface area contributed by atoms with Crippen molar-refractivity contribution in [3.63, 3.8) is 0 Å². The molecule has 0 aromatic heterocycles. The molecule has 0 radical (unpaired) electrons. The van der Waals surface area contributed by atoms with E-state index in [9.17, 15) is 4.79 Å². The predicted octanol–water partition coefficient (Wildman–Crippen LogP) is 2.68. The molecule has 5 nitrogen and oxygen atoms in total. The van der Waals surface area contributed by atoms with Crippen molar-refractivity contribution >= 4 is 17.8 Å². The zero-order valence-electron chi connectivity index (χ0n) is 11.7. The minimum atomic E-state index is -0.273. The summed E-state index contributed by atoms with van der Waals surface area (Å²) in [6.07, 6.45) is 1.56. The molecule has 1 amide bonds. The standard InChI is InChI=1S/C16H16N2O3/c1-20-15-9-7-14(8-10-15)18-16(19)12-21-17-11-13-5-3-2-4-6-13/h2-11H,12H2,1H3,(H,18,19)/b17-11-. The van der Waals surface area contributed by atoms with Gasteiger partial charge in [0, 0.05) is 5.69 Å².